The van der Waals surface area contributed by atoms with Crippen molar-refractivity contribution in [2.75, 3.05) is 26.2 Å². The first-order valence-corrected chi connectivity index (χ1v) is 11.1. The van der Waals surface area contributed by atoms with Crippen molar-refractivity contribution in [3.63, 3.8) is 0 Å². The highest BCUT2D eigenvalue weighted by Crippen LogP contribution is 2.29. The number of hydrogen-bond donors (Lipinski definition) is 0. The van der Waals surface area contributed by atoms with Gasteiger partial charge in [0.25, 0.3) is 21.6 Å². The molecule has 12 heteroatoms. The number of nitro groups is 1. The lowest BCUT2D eigenvalue weighted by atomic mass is 10.1. The Labute approximate surface area is 172 Å². The van der Waals surface area contributed by atoms with E-state index in [-0.39, 0.29) is 52.6 Å². The van der Waals surface area contributed by atoms with Crippen LogP contribution >= 0.6 is 38.9 Å². The Balaban J connectivity index is 1.70. The van der Waals surface area contributed by atoms with E-state index in [1.807, 2.05) is 0 Å². The molecule has 0 saturated carbocycles. The fraction of sp³-hybridized carbons (Fsp3) is 0.267. The van der Waals surface area contributed by atoms with E-state index in [1.165, 1.54) is 27.4 Å². The minimum absolute atomic E-state index is 0.00677. The number of hydrogen-bond acceptors (Lipinski definition) is 6. The molecule has 1 aromatic heterocycles. The van der Waals surface area contributed by atoms with Crippen molar-refractivity contribution in [3.05, 3.63) is 54.8 Å². The van der Waals surface area contributed by atoms with Crippen LogP contribution in [0.1, 0.15) is 10.4 Å². The zero-order valence-corrected chi connectivity index (χ0v) is 17.6. The van der Waals surface area contributed by atoms with Gasteiger partial charge in [-0.05, 0) is 34.1 Å². The van der Waals surface area contributed by atoms with Gasteiger partial charge >= 0.3 is 0 Å². The molecule has 27 heavy (non-hydrogen) atoms. The Hall–Kier alpha value is -1.53. The zero-order valence-electron chi connectivity index (χ0n) is 13.7. The molecule has 0 spiro atoms. The molecular weight excluding hydrogens is 482 g/mol. The number of nitrogens with zero attached hydrogens (tertiary/aromatic N) is 3. The predicted octanol–water partition coefficient (Wildman–Crippen LogP) is 3.22. The van der Waals surface area contributed by atoms with E-state index in [4.69, 9.17) is 11.6 Å². The lowest BCUT2D eigenvalue weighted by Crippen LogP contribution is -2.50. The van der Waals surface area contributed by atoms with Gasteiger partial charge in [-0.1, -0.05) is 11.6 Å². The molecule has 0 radical (unpaired) electrons. The van der Waals surface area contributed by atoms with Crippen LogP contribution in [-0.2, 0) is 10.0 Å². The smallest absolute Gasteiger partial charge is 0.270 e. The zero-order chi connectivity index (χ0) is 19.8. The maximum Gasteiger partial charge on any atom is 0.270 e. The van der Waals surface area contributed by atoms with Crippen LogP contribution in [0.15, 0.2) is 38.3 Å². The Morgan fingerprint density at radius 3 is 2.37 bits per heavy atom. The lowest BCUT2D eigenvalue weighted by molar-refractivity contribution is -0.384. The van der Waals surface area contributed by atoms with Crippen LogP contribution in [-0.4, -0.2) is 54.6 Å². The number of carbonyl (C=O) groups is 1. The normalized spacial score (nSPS) is 15.7. The fourth-order valence-corrected chi connectivity index (χ4v) is 6.50. The molecule has 0 aliphatic carbocycles. The Kier molecular flexibility index (Phi) is 5.87. The van der Waals surface area contributed by atoms with Crippen molar-refractivity contribution in [1.82, 2.24) is 9.21 Å². The molecule has 0 atom stereocenters. The van der Waals surface area contributed by atoms with Crippen LogP contribution < -0.4 is 0 Å². The van der Waals surface area contributed by atoms with Crippen molar-refractivity contribution in [1.29, 1.82) is 0 Å². The summed E-state index contributed by atoms with van der Waals surface area (Å²) in [6.45, 7) is 0.734. The van der Waals surface area contributed by atoms with Gasteiger partial charge in [0.05, 0.1) is 19.3 Å². The average molecular weight is 495 g/mol. The third-order valence-corrected chi connectivity index (χ3v) is 8.36. The number of carbonyl (C=O) groups excluding carboxylic acids is 1. The molecule has 1 aliphatic rings. The Bertz CT molecular complexity index is 1000. The van der Waals surface area contributed by atoms with E-state index in [0.29, 0.717) is 0 Å². The molecule has 0 N–H and O–H groups in total. The maximum absolute atomic E-state index is 12.6. The fourth-order valence-electron chi connectivity index (χ4n) is 2.66. The predicted molar refractivity (Wildman–Crippen MR) is 105 cm³/mol. The molecule has 0 bridgehead atoms. The highest BCUT2D eigenvalue weighted by atomic mass is 79.9. The molecule has 8 nitrogen and oxygen atoms in total. The molecular formula is C15H13BrClN3O5S2. The number of thiophene rings is 1. The van der Waals surface area contributed by atoms with Crippen molar-refractivity contribution in [2.45, 2.75) is 4.21 Å². The number of piperazine rings is 1. The van der Waals surface area contributed by atoms with Gasteiger partial charge in [-0.2, -0.15) is 4.31 Å². The SMILES string of the molecule is O=C(c1ccc([N+](=O)[O-])cc1Cl)N1CCN(S(=O)(=O)c2ccc(Br)s2)CC1. The summed E-state index contributed by atoms with van der Waals surface area (Å²) in [5.74, 6) is -0.384. The molecule has 144 valence electrons. The summed E-state index contributed by atoms with van der Waals surface area (Å²) in [7, 11) is -3.60. The van der Waals surface area contributed by atoms with Crippen molar-refractivity contribution >= 4 is 60.5 Å². The first-order chi connectivity index (χ1) is 12.7. The maximum atomic E-state index is 12.6. The van der Waals surface area contributed by atoms with Crippen LogP contribution in [0.5, 0.6) is 0 Å². The number of amides is 1. The van der Waals surface area contributed by atoms with E-state index in [1.54, 1.807) is 6.07 Å². The standard InChI is InChI=1S/C15H13BrClN3O5S2/c16-13-3-4-14(26-13)27(24,25)19-7-5-18(6-8-19)15(21)11-2-1-10(20(22)23)9-12(11)17/h1-4,9H,5-8H2. The van der Waals surface area contributed by atoms with Gasteiger partial charge in [-0.25, -0.2) is 8.42 Å². The van der Waals surface area contributed by atoms with Gasteiger partial charge in [0.1, 0.15) is 4.21 Å². The van der Waals surface area contributed by atoms with Crippen LogP contribution in [0.25, 0.3) is 0 Å². The van der Waals surface area contributed by atoms with Crippen molar-refractivity contribution in [2.24, 2.45) is 0 Å². The van der Waals surface area contributed by atoms with E-state index < -0.39 is 14.9 Å². The number of sulfonamides is 1. The summed E-state index contributed by atoms with van der Waals surface area (Å²) in [5, 5.41) is 10.8. The molecule has 2 aromatic rings. The molecule has 1 saturated heterocycles. The minimum atomic E-state index is -3.60. The Morgan fingerprint density at radius 2 is 1.85 bits per heavy atom. The number of non-ortho nitro benzene ring substituents is 1. The second-order valence-electron chi connectivity index (χ2n) is 5.68. The molecule has 1 amide bonds. The number of benzene rings is 1. The number of rotatable bonds is 4. The van der Waals surface area contributed by atoms with Gasteiger partial charge < -0.3 is 4.90 Å². The third kappa shape index (κ3) is 4.16. The van der Waals surface area contributed by atoms with Gasteiger partial charge in [-0.3, -0.25) is 14.9 Å². The molecule has 1 aliphatic heterocycles. The molecule has 1 fully saturated rings. The molecule has 2 heterocycles. The number of nitro benzene ring substituents is 1. The summed E-state index contributed by atoms with van der Waals surface area (Å²) in [6.07, 6.45) is 0. The first kappa shape index (κ1) is 20.2. The monoisotopic (exact) mass is 493 g/mol. The summed E-state index contributed by atoms with van der Waals surface area (Å²) >= 11 is 10.4. The minimum Gasteiger partial charge on any atom is -0.336 e. The summed E-state index contributed by atoms with van der Waals surface area (Å²) in [5.41, 5.74) is -0.0460. The van der Waals surface area contributed by atoms with Crippen LogP contribution in [0, 0.1) is 10.1 Å². The van der Waals surface area contributed by atoms with Gasteiger partial charge in [0, 0.05) is 38.3 Å². The summed E-state index contributed by atoms with van der Waals surface area (Å²) < 4.78 is 27.6. The lowest BCUT2D eigenvalue weighted by Gasteiger charge is -2.33. The summed E-state index contributed by atoms with van der Waals surface area (Å²) in [6, 6.07) is 6.87. The second kappa shape index (κ2) is 7.84. The quantitative estimate of drug-likeness (QED) is 0.480. The van der Waals surface area contributed by atoms with E-state index in [2.05, 4.69) is 15.9 Å². The van der Waals surface area contributed by atoms with Crippen molar-refractivity contribution < 1.29 is 18.1 Å². The van der Waals surface area contributed by atoms with E-state index >= 15 is 0 Å². The third-order valence-electron chi connectivity index (χ3n) is 4.06. The topological polar surface area (TPSA) is 101 Å². The Morgan fingerprint density at radius 1 is 1.19 bits per heavy atom. The van der Waals surface area contributed by atoms with Gasteiger partial charge in [-0.15, -0.1) is 11.3 Å². The second-order valence-corrected chi connectivity index (χ2v) is 10.7. The summed E-state index contributed by atoms with van der Waals surface area (Å²) in [4.78, 5) is 24.3. The van der Waals surface area contributed by atoms with Crippen molar-refractivity contribution in [3.8, 4) is 0 Å². The van der Waals surface area contributed by atoms with Crippen LogP contribution in [0.4, 0.5) is 5.69 Å². The van der Waals surface area contributed by atoms with Crippen LogP contribution in [0.3, 0.4) is 0 Å². The molecule has 0 unspecified atom stereocenters. The van der Waals surface area contributed by atoms with Crippen LogP contribution in [0.2, 0.25) is 5.02 Å². The number of halogens is 2. The average Bonchev–Trinajstić information content (AvgIpc) is 3.08. The van der Waals surface area contributed by atoms with Gasteiger partial charge in [0.15, 0.2) is 0 Å². The van der Waals surface area contributed by atoms with E-state index in [9.17, 15) is 23.3 Å². The molecule has 3 rings (SSSR count). The molecule has 1 aromatic carbocycles. The largest absolute Gasteiger partial charge is 0.336 e. The van der Waals surface area contributed by atoms with E-state index in [0.717, 1.165) is 21.2 Å². The first-order valence-electron chi connectivity index (χ1n) is 7.69. The van der Waals surface area contributed by atoms with Gasteiger partial charge in [0.2, 0.25) is 0 Å². The highest BCUT2D eigenvalue weighted by Gasteiger charge is 2.32. The highest BCUT2D eigenvalue weighted by molar-refractivity contribution is 9.11.